The molecule has 0 fully saturated rings. The largest absolute Gasteiger partial charge is 0.355 e. The molecule has 1 aromatic rings. The number of amides is 1. The topological polar surface area (TPSA) is 41.1 Å². The normalized spacial score (nSPS) is 11.2. The van der Waals surface area contributed by atoms with Crippen LogP contribution < -0.4 is 10.6 Å². The van der Waals surface area contributed by atoms with Gasteiger partial charge in [-0.15, -0.1) is 0 Å². The molecular weight excluding hydrogens is 226 g/mol. The zero-order chi connectivity index (χ0) is 12.7. The van der Waals surface area contributed by atoms with Gasteiger partial charge in [0.25, 0.3) is 5.92 Å². The molecule has 0 heterocycles. The number of nitrogens with one attached hydrogen (secondary N) is 2. The van der Waals surface area contributed by atoms with Crippen LogP contribution in [0, 0.1) is 0 Å². The Morgan fingerprint density at radius 3 is 2.53 bits per heavy atom. The average molecular weight is 242 g/mol. The van der Waals surface area contributed by atoms with Crippen LogP contribution in [0.25, 0.3) is 0 Å². The first-order chi connectivity index (χ1) is 8.06. The van der Waals surface area contributed by atoms with Gasteiger partial charge in [0.1, 0.15) is 0 Å². The predicted molar refractivity (Wildman–Crippen MR) is 61.9 cm³/mol. The maximum absolute atomic E-state index is 13.6. The maximum atomic E-state index is 13.6. The fourth-order valence-electron chi connectivity index (χ4n) is 1.38. The molecule has 0 aliphatic carbocycles. The molecule has 0 aliphatic rings. The summed E-state index contributed by atoms with van der Waals surface area (Å²) in [5, 5.41) is 4.97. The Hall–Kier alpha value is -1.49. The van der Waals surface area contributed by atoms with E-state index in [4.69, 9.17) is 0 Å². The Morgan fingerprint density at radius 1 is 1.29 bits per heavy atom. The molecule has 1 aromatic carbocycles. The molecule has 2 N–H and O–H groups in total. The summed E-state index contributed by atoms with van der Waals surface area (Å²) in [6.45, 7) is 1.62. The van der Waals surface area contributed by atoms with E-state index in [1.165, 1.54) is 12.1 Å². The minimum atomic E-state index is -2.96. The first-order valence-electron chi connectivity index (χ1n) is 5.47. The number of likely N-dealkylation sites (N-methyl/N-ethyl adjacent to an activating group) is 1. The van der Waals surface area contributed by atoms with E-state index in [1.54, 1.807) is 25.1 Å². The molecule has 5 heteroatoms. The number of carbonyl (C=O) groups is 1. The fourth-order valence-corrected chi connectivity index (χ4v) is 1.38. The van der Waals surface area contributed by atoms with Gasteiger partial charge in [0, 0.05) is 12.1 Å². The van der Waals surface area contributed by atoms with Crippen LogP contribution in [-0.2, 0) is 10.7 Å². The van der Waals surface area contributed by atoms with Crippen LogP contribution in [0.2, 0.25) is 0 Å². The van der Waals surface area contributed by atoms with Crippen molar-refractivity contribution in [3.8, 4) is 0 Å². The van der Waals surface area contributed by atoms with Gasteiger partial charge in [-0.2, -0.15) is 8.78 Å². The minimum Gasteiger partial charge on any atom is -0.355 e. The van der Waals surface area contributed by atoms with Crippen molar-refractivity contribution in [2.45, 2.75) is 12.8 Å². The zero-order valence-electron chi connectivity index (χ0n) is 9.67. The van der Waals surface area contributed by atoms with Gasteiger partial charge >= 0.3 is 0 Å². The third-order valence-electron chi connectivity index (χ3n) is 2.20. The van der Waals surface area contributed by atoms with E-state index in [0.29, 0.717) is 6.54 Å². The Kier molecular flexibility index (Phi) is 5.03. The predicted octanol–water partition coefficient (Wildman–Crippen LogP) is 1.50. The van der Waals surface area contributed by atoms with Crippen molar-refractivity contribution < 1.29 is 13.6 Å². The first kappa shape index (κ1) is 13.6. The van der Waals surface area contributed by atoms with Gasteiger partial charge in [0.15, 0.2) is 0 Å². The van der Waals surface area contributed by atoms with Gasteiger partial charge in [-0.25, -0.2) is 0 Å². The summed E-state index contributed by atoms with van der Waals surface area (Å²) < 4.78 is 27.2. The summed E-state index contributed by atoms with van der Waals surface area (Å²) in [7, 11) is 0. The second kappa shape index (κ2) is 6.30. The molecule has 0 aromatic heterocycles. The fraction of sp³-hybridized carbons (Fsp3) is 0.417. The average Bonchev–Trinajstić information content (AvgIpc) is 2.30. The molecule has 3 nitrogen and oxygen atoms in total. The lowest BCUT2D eigenvalue weighted by atomic mass is 10.1. The summed E-state index contributed by atoms with van der Waals surface area (Å²) in [6, 6.07) is 7.55. The molecule has 94 valence electrons. The Balaban J connectivity index is 2.43. The van der Waals surface area contributed by atoms with Gasteiger partial charge < -0.3 is 10.6 Å². The van der Waals surface area contributed by atoms with E-state index < -0.39 is 12.5 Å². The molecule has 0 bridgehead atoms. The molecule has 0 aliphatic heterocycles. The smallest absolute Gasteiger partial charge is 0.285 e. The van der Waals surface area contributed by atoms with Gasteiger partial charge in [-0.3, -0.25) is 4.79 Å². The van der Waals surface area contributed by atoms with E-state index in [1.807, 2.05) is 0 Å². The van der Waals surface area contributed by atoms with Crippen molar-refractivity contribution >= 4 is 5.91 Å². The van der Waals surface area contributed by atoms with Crippen LogP contribution in [0.1, 0.15) is 12.5 Å². The number of benzene rings is 1. The van der Waals surface area contributed by atoms with Gasteiger partial charge in [0.2, 0.25) is 5.91 Å². The van der Waals surface area contributed by atoms with Crippen LogP contribution in [0.5, 0.6) is 0 Å². The second-order valence-corrected chi connectivity index (χ2v) is 3.63. The minimum absolute atomic E-state index is 0.0524. The lowest BCUT2D eigenvalue weighted by molar-refractivity contribution is -0.120. The van der Waals surface area contributed by atoms with Crippen LogP contribution in [0.4, 0.5) is 8.78 Å². The van der Waals surface area contributed by atoms with Crippen LogP contribution in [-0.4, -0.2) is 25.5 Å². The highest BCUT2D eigenvalue weighted by atomic mass is 19.3. The molecule has 1 amide bonds. The number of hydrogen-bond donors (Lipinski definition) is 2. The quantitative estimate of drug-likeness (QED) is 0.793. The molecule has 0 spiro atoms. The summed E-state index contributed by atoms with van der Waals surface area (Å²) >= 11 is 0. The van der Waals surface area contributed by atoms with E-state index in [2.05, 4.69) is 10.6 Å². The van der Waals surface area contributed by atoms with Crippen molar-refractivity contribution in [1.82, 2.24) is 10.6 Å². The zero-order valence-corrected chi connectivity index (χ0v) is 9.67. The van der Waals surface area contributed by atoms with E-state index in [9.17, 15) is 13.6 Å². The van der Waals surface area contributed by atoms with E-state index in [-0.39, 0.29) is 18.0 Å². The maximum Gasteiger partial charge on any atom is 0.285 e. The third-order valence-corrected chi connectivity index (χ3v) is 2.20. The number of carbonyl (C=O) groups excluding carboxylic acids is 1. The molecule has 0 atom stereocenters. The SMILES string of the molecule is CCNC(=O)CNCC(F)(F)c1ccccc1. The summed E-state index contributed by atoms with van der Waals surface area (Å²) in [4.78, 5) is 11.0. The lowest BCUT2D eigenvalue weighted by Crippen LogP contribution is -2.38. The molecule has 0 radical (unpaired) electrons. The number of hydrogen-bond acceptors (Lipinski definition) is 2. The van der Waals surface area contributed by atoms with E-state index in [0.717, 1.165) is 0 Å². The molecule has 1 rings (SSSR count). The Morgan fingerprint density at radius 2 is 1.94 bits per heavy atom. The third kappa shape index (κ3) is 4.48. The Bertz CT molecular complexity index is 355. The number of rotatable bonds is 6. The first-order valence-corrected chi connectivity index (χ1v) is 5.47. The van der Waals surface area contributed by atoms with Crippen molar-refractivity contribution in [2.24, 2.45) is 0 Å². The van der Waals surface area contributed by atoms with E-state index >= 15 is 0 Å². The van der Waals surface area contributed by atoms with Crippen molar-refractivity contribution in [2.75, 3.05) is 19.6 Å². The van der Waals surface area contributed by atoms with Gasteiger partial charge in [-0.05, 0) is 6.92 Å². The van der Waals surface area contributed by atoms with Crippen molar-refractivity contribution in [3.05, 3.63) is 35.9 Å². The summed E-state index contributed by atoms with van der Waals surface area (Å²) in [5.74, 6) is -3.25. The second-order valence-electron chi connectivity index (χ2n) is 3.63. The Labute approximate surface area is 99.2 Å². The highest BCUT2D eigenvalue weighted by Crippen LogP contribution is 2.26. The van der Waals surface area contributed by atoms with Crippen LogP contribution in [0.15, 0.2) is 30.3 Å². The molecule has 17 heavy (non-hydrogen) atoms. The molecule has 0 saturated heterocycles. The van der Waals surface area contributed by atoms with Crippen molar-refractivity contribution in [3.63, 3.8) is 0 Å². The molecule has 0 saturated carbocycles. The molecular formula is C12H16F2N2O. The molecule has 0 unspecified atom stereocenters. The highest BCUT2D eigenvalue weighted by molar-refractivity contribution is 5.77. The highest BCUT2D eigenvalue weighted by Gasteiger charge is 2.30. The van der Waals surface area contributed by atoms with Gasteiger partial charge in [-0.1, -0.05) is 30.3 Å². The summed E-state index contributed by atoms with van der Waals surface area (Å²) in [6.07, 6.45) is 0. The van der Waals surface area contributed by atoms with Crippen LogP contribution in [0.3, 0.4) is 0 Å². The standard InChI is InChI=1S/C12H16F2N2O/c1-2-16-11(17)8-15-9-12(13,14)10-6-4-3-5-7-10/h3-7,15H,2,8-9H2,1H3,(H,16,17). The van der Waals surface area contributed by atoms with Crippen LogP contribution >= 0.6 is 0 Å². The number of halogens is 2. The van der Waals surface area contributed by atoms with Crippen molar-refractivity contribution in [1.29, 1.82) is 0 Å². The number of alkyl halides is 2. The van der Waals surface area contributed by atoms with Gasteiger partial charge in [0.05, 0.1) is 13.1 Å². The summed E-state index contributed by atoms with van der Waals surface area (Å²) in [5.41, 5.74) is -0.0524. The monoisotopic (exact) mass is 242 g/mol. The lowest BCUT2D eigenvalue weighted by Gasteiger charge is -2.17.